The van der Waals surface area contributed by atoms with Crippen molar-refractivity contribution in [3.8, 4) is 0 Å². The number of amides is 2. The SMILES string of the molecule is CCc1noc(C)c1NC(=O)Nc1cnc(C2CC2)nc1. The van der Waals surface area contributed by atoms with Crippen molar-refractivity contribution in [3.63, 3.8) is 0 Å². The molecule has 3 rings (SSSR count). The molecule has 2 amide bonds. The summed E-state index contributed by atoms with van der Waals surface area (Å²) in [6.07, 6.45) is 6.24. The van der Waals surface area contributed by atoms with Crippen LogP contribution in [0.5, 0.6) is 0 Å². The second-order valence-electron chi connectivity index (χ2n) is 5.10. The number of nitrogens with one attached hydrogen (secondary N) is 2. The van der Waals surface area contributed by atoms with E-state index < -0.39 is 0 Å². The van der Waals surface area contributed by atoms with Crippen molar-refractivity contribution in [3.05, 3.63) is 29.7 Å². The van der Waals surface area contributed by atoms with Crippen LogP contribution < -0.4 is 10.6 Å². The van der Waals surface area contributed by atoms with Crippen LogP contribution in [-0.2, 0) is 6.42 Å². The molecule has 0 atom stereocenters. The number of carbonyl (C=O) groups is 1. The third-order valence-corrected chi connectivity index (χ3v) is 3.38. The van der Waals surface area contributed by atoms with E-state index in [1.807, 2.05) is 6.92 Å². The Balaban J connectivity index is 1.64. The Bertz CT molecular complexity index is 646. The summed E-state index contributed by atoms with van der Waals surface area (Å²) in [6, 6.07) is -0.362. The minimum atomic E-state index is -0.362. The first kappa shape index (κ1) is 13.5. The second kappa shape index (κ2) is 5.51. The van der Waals surface area contributed by atoms with Crippen LogP contribution in [0.15, 0.2) is 16.9 Å². The molecule has 0 bridgehead atoms. The second-order valence-corrected chi connectivity index (χ2v) is 5.10. The highest BCUT2D eigenvalue weighted by atomic mass is 16.5. The van der Waals surface area contributed by atoms with Crippen molar-refractivity contribution in [2.45, 2.75) is 39.0 Å². The summed E-state index contributed by atoms with van der Waals surface area (Å²) in [5.74, 6) is 1.94. The van der Waals surface area contributed by atoms with Crippen LogP contribution in [-0.4, -0.2) is 21.2 Å². The van der Waals surface area contributed by atoms with Gasteiger partial charge in [-0.3, -0.25) is 0 Å². The van der Waals surface area contributed by atoms with Gasteiger partial charge in [0.1, 0.15) is 17.2 Å². The number of aromatic nitrogens is 3. The van der Waals surface area contributed by atoms with Crippen molar-refractivity contribution < 1.29 is 9.32 Å². The maximum atomic E-state index is 12.0. The molecule has 7 heteroatoms. The van der Waals surface area contributed by atoms with Gasteiger partial charge in [-0.15, -0.1) is 0 Å². The third kappa shape index (κ3) is 3.01. The molecule has 7 nitrogen and oxygen atoms in total. The van der Waals surface area contributed by atoms with Crippen LogP contribution in [0.3, 0.4) is 0 Å². The lowest BCUT2D eigenvalue weighted by Crippen LogP contribution is -2.20. The largest absolute Gasteiger partial charge is 0.359 e. The number of nitrogens with zero attached hydrogens (tertiary/aromatic N) is 3. The van der Waals surface area contributed by atoms with E-state index in [4.69, 9.17) is 4.52 Å². The van der Waals surface area contributed by atoms with Crippen molar-refractivity contribution in [1.29, 1.82) is 0 Å². The number of anilines is 2. The molecule has 1 fully saturated rings. The van der Waals surface area contributed by atoms with E-state index in [0.29, 0.717) is 29.5 Å². The molecule has 2 heterocycles. The Hall–Kier alpha value is -2.44. The summed E-state index contributed by atoms with van der Waals surface area (Å²) in [7, 11) is 0. The first-order valence-corrected chi connectivity index (χ1v) is 7.02. The smallest absolute Gasteiger partial charge is 0.323 e. The summed E-state index contributed by atoms with van der Waals surface area (Å²) in [6.45, 7) is 3.71. The zero-order valence-electron chi connectivity index (χ0n) is 12.0. The highest BCUT2D eigenvalue weighted by Crippen LogP contribution is 2.37. The number of carbonyl (C=O) groups excluding carboxylic acids is 1. The quantitative estimate of drug-likeness (QED) is 0.901. The molecule has 2 N–H and O–H groups in total. The van der Waals surface area contributed by atoms with Crippen molar-refractivity contribution >= 4 is 17.4 Å². The predicted octanol–water partition coefficient (Wildman–Crippen LogP) is 2.86. The van der Waals surface area contributed by atoms with Crippen molar-refractivity contribution in [2.24, 2.45) is 0 Å². The third-order valence-electron chi connectivity index (χ3n) is 3.38. The summed E-state index contributed by atoms with van der Waals surface area (Å²) >= 11 is 0. The van der Waals surface area contributed by atoms with E-state index in [0.717, 1.165) is 24.4 Å². The molecular weight excluding hydrogens is 270 g/mol. The molecule has 1 aliphatic carbocycles. The van der Waals surface area contributed by atoms with E-state index in [1.165, 1.54) is 0 Å². The Morgan fingerprint density at radius 3 is 2.67 bits per heavy atom. The van der Waals surface area contributed by atoms with E-state index in [9.17, 15) is 4.79 Å². The van der Waals surface area contributed by atoms with Crippen LogP contribution in [0.4, 0.5) is 16.2 Å². The highest BCUT2D eigenvalue weighted by Gasteiger charge is 2.26. The number of hydrogen-bond donors (Lipinski definition) is 2. The Morgan fingerprint density at radius 1 is 1.33 bits per heavy atom. The van der Waals surface area contributed by atoms with E-state index in [1.54, 1.807) is 19.3 Å². The van der Waals surface area contributed by atoms with Crippen LogP contribution in [0.25, 0.3) is 0 Å². The van der Waals surface area contributed by atoms with E-state index in [2.05, 4.69) is 25.8 Å². The summed E-state index contributed by atoms with van der Waals surface area (Å²) < 4.78 is 5.07. The molecule has 110 valence electrons. The van der Waals surface area contributed by atoms with Crippen LogP contribution in [0.2, 0.25) is 0 Å². The van der Waals surface area contributed by atoms with Gasteiger partial charge >= 0.3 is 6.03 Å². The molecule has 1 aliphatic rings. The molecule has 0 aromatic carbocycles. The van der Waals surface area contributed by atoms with Crippen LogP contribution in [0, 0.1) is 6.92 Å². The Labute approximate surface area is 122 Å². The van der Waals surface area contributed by atoms with Gasteiger partial charge in [0.25, 0.3) is 0 Å². The van der Waals surface area contributed by atoms with Gasteiger partial charge in [0.2, 0.25) is 0 Å². The first-order valence-electron chi connectivity index (χ1n) is 7.02. The summed E-state index contributed by atoms with van der Waals surface area (Å²) in [4.78, 5) is 20.5. The summed E-state index contributed by atoms with van der Waals surface area (Å²) in [5.41, 5.74) is 1.90. The standard InChI is InChI=1S/C14H17N5O2/c1-3-11-12(8(2)21-19-11)18-14(20)17-10-6-15-13(16-7-10)9-4-5-9/h6-7,9H,3-5H2,1-2H3,(H2,17,18,20). The summed E-state index contributed by atoms with van der Waals surface area (Å²) in [5, 5.41) is 9.34. The molecule has 2 aromatic rings. The van der Waals surface area contributed by atoms with Gasteiger partial charge in [0.15, 0.2) is 5.76 Å². The van der Waals surface area contributed by atoms with E-state index in [-0.39, 0.29) is 6.03 Å². The van der Waals surface area contributed by atoms with Crippen molar-refractivity contribution in [1.82, 2.24) is 15.1 Å². The molecule has 0 saturated heterocycles. The number of aryl methyl sites for hydroxylation is 2. The number of rotatable bonds is 4. The first-order chi connectivity index (χ1) is 10.2. The zero-order valence-corrected chi connectivity index (χ0v) is 12.0. The fourth-order valence-corrected chi connectivity index (χ4v) is 2.05. The lowest BCUT2D eigenvalue weighted by Gasteiger charge is -2.07. The van der Waals surface area contributed by atoms with Gasteiger partial charge < -0.3 is 15.2 Å². The molecule has 0 aliphatic heterocycles. The normalized spacial score (nSPS) is 14.0. The van der Waals surface area contributed by atoms with Gasteiger partial charge in [0.05, 0.1) is 18.1 Å². The Kier molecular flexibility index (Phi) is 3.55. The van der Waals surface area contributed by atoms with Gasteiger partial charge in [-0.25, -0.2) is 14.8 Å². The fraction of sp³-hybridized carbons (Fsp3) is 0.429. The number of urea groups is 1. The van der Waals surface area contributed by atoms with Gasteiger partial charge in [-0.1, -0.05) is 12.1 Å². The maximum absolute atomic E-state index is 12.0. The fourth-order valence-electron chi connectivity index (χ4n) is 2.05. The molecule has 21 heavy (non-hydrogen) atoms. The average Bonchev–Trinajstić information content (AvgIpc) is 3.26. The predicted molar refractivity (Wildman–Crippen MR) is 77.3 cm³/mol. The molecular formula is C14H17N5O2. The van der Waals surface area contributed by atoms with Gasteiger partial charge in [-0.05, 0) is 26.2 Å². The minimum absolute atomic E-state index is 0.362. The maximum Gasteiger partial charge on any atom is 0.323 e. The zero-order chi connectivity index (χ0) is 14.8. The molecule has 0 radical (unpaired) electrons. The lowest BCUT2D eigenvalue weighted by atomic mass is 10.2. The minimum Gasteiger partial charge on any atom is -0.359 e. The Morgan fingerprint density at radius 2 is 2.05 bits per heavy atom. The van der Waals surface area contributed by atoms with Crippen LogP contribution in [0.1, 0.15) is 43.0 Å². The van der Waals surface area contributed by atoms with E-state index >= 15 is 0 Å². The average molecular weight is 287 g/mol. The number of hydrogen-bond acceptors (Lipinski definition) is 5. The lowest BCUT2D eigenvalue weighted by molar-refractivity contribution is 0.262. The molecule has 1 saturated carbocycles. The molecule has 2 aromatic heterocycles. The highest BCUT2D eigenvalue weighted by molar-refractivity contribution is 6.00. The van der Waals surface area contributed by atoms with Crippen molar-refractivity contribution in [2.75, 3.05) is 10.6 Å². The van der Waals surface area contributed by atoms with Crippen LogP contribution >= 0.6 is 0 Å². The van der Waals surface area contributed by atoms with Gasteiger partial charge in [0, 0.05) is 5.92 Å². The monoisotopic (exact) mass is 287 g/mol. The van der Waals surface area contributed by atoms with Gasteiger partial charge in [-0.2, -0.15) is 0 Å². The molecule has 0 unspecified atom stereocenters. The molecule has 0 spiro atoms. The topological polar surface area (TPSA) is 92.9 Å².